The van der Waals surface area contributed by atoms with Gasteiger partial charge in [-0.25, -0.2) is 0 Å². The topological polar surface area (TPSA) is 12.5 Å². The summed E-state index contributed by atoms with van der Waals surface area (Å²) in [6.45, 7) is 3.15. The molecule has 1 heterocycles. The van der Waals surface area contributed by atoms with Crippen LogP contribution in [0.25, 0.3) is 0 Å². The molecule has 0 aliphatic carbocycles. The fourth-order valence-corrected chi connectivity index (χ4v) is 1.64. The van der Waals surface area contributed by atoms with E-state index in [1.54, 1.807) is 12.6 Å². The molecule has 1 atom stereocenters. The highest BCUT2D eigenvalue weighted by Crippen LogP contribution is 2.11. The molecule has 0 spiro atoms. The van der Waals surface area contributed by atoms with Gasteiger partial charge in [-0.05, 0) is 19.4 Å². The zero-order valence-corrected chi connectivity index (χ0v) is 8.26. The molecular weight excluding hydrogens is 174 g/mol. The van der Waals surface area contributed by atoms with Crippen LogP contribution in [0.5, 0.6) is 0 Å². The molecule has 1 fully saturated rings. The summed E-state index contributed by atoms with van der Waals surface area (Å²) in [5.41, 5.74) is 1.58. The van der Waals surface area contributed by atoms with Crippen LogP contribution in [0.4, 0.5) is 0 Å². The molecule has 1 saturated heterocycles. The van der Waals surface area contributed by atoms with E-state index in [0.717, 1.165) is 13.1 Å². The molecular formula is C9H16ClNO. The fourth-order valence-electron chi connectivity index (χ4n) is 1.56. The molecule has 70 valence electrons. The standard InChI is InChI=1S/C9H16ClNO/c1-12-9-4-2-6-11(8-9)7-3-5-10/h3,5,9H,2,4,6-8H2,1H3/b5-3+. The summed E-state index contributed by atoms with van der Waals surface area (Å²) in [6.07, 6.45) is 4.81. The van der Waals surface area contributed by atoms with Crippen LogP contribution in [0.15, 0.2) is 11.6 Å². The summed E-state index contributed by atoms with van der Waals surface area (Å²) in [5.74, 6) is 0. The number of rotatable bonds is 3. The monoisotopic (exact) mass is 189 g/mol. The van der Waals surface area contributed by atoms with Crippen molar-refractivity contribution < 1.29 is 4.74 Å². The van der Waals surface area contributed by atoms with Crippen molar-refractivity contribution in [3.63, 3.8) is 0 Å². The van der Waals surface area contributed by atoms with Gasteiger partial charge in [0, 0.05) is 25.7 Å². The minimum absolute atomic E-state index is 0.419. The van der Waals surface area contributed by atoms with Gasteiger partial charge in [-0.2, -0.15) is 0 Å². The average Bonchev–Trinajstić information content (AvgIpc) is 2.15. The molecule has 0 aromatic carbocycles. The Morgan fingerprint density at radius 1 is 1.67 bits per heavy atom. The van der Waals surface area contributed by atoms with E-state index in [0.29, 0.717) is 6.10 Å². The number of piperidine rings is 1. The molecule has 0 aromatic rings. The Morgan fingerprint density at radius 2 is 2.50 bits per heavy atom. The van der Waals surface area contributed by atoms with Gasteiger partial charge >= 0.3 is 0 Å². The molecule has 0 radical (unpaired) electrons. The lowest BCUT2D eigenvalue weighted by molar-refractivity contribution is 0.0357. The van der Waals surface area contributed by atoms with Crippen molar-refractivity contribution >= 4 is 11.6 Å². The Hall–Kier alpha value is -0.0500. The van der Waals surface area contributed by atoms with Crippen LogP contribution in [0.1, 0.15) is 12.8 Å². The number of hydrogen-bond acceptors (Lipinski definition) is 2. The number of nitrogens with zero attached hydrogens (tertiary/aromatic N) is 1. The lowest BCUT2D eigenvalue weighted by atomic mass is 10.1. The quantitative estimate of drug-likeness (QED) is 0.672. The molecule has 1 aliphatic heterocycles. The fraction of sp³-hybridized carbons (Fsp3) is 0.778. The summed E-state index contributed by atoms with van der Waals surface area (Å²) in [4.78, 5) is 2.36. The third kappa shape index (κ3) is 3.13. The lowest BCUT2D eigenvalue weighted by Gasteiger charge is -2.30. The molecule has 1 unspecified atom stereocenters. The van der Waals surface area contributed by atoms with Crippen LogP contribution in [0.3, 0.4) is 0 Å². The second-order valence-corrected chi connectivity index (χ2v) is 3.37. The predicted octanol–water partition coefficient (Wildman–Crippen LogP) is 1.85. The predicted molar refractivity (Wildman–Crippen MR) is 51.5 cm³/mol. The van der Waals surface area contributed by atoms with Crippen molar-refractivity contribution in [2.75, 3.05) is 26.7 Å². The van der Waals surface area contributed by atoms with E-state index in [9.17, 15) is 0 Å². The number of hydrogen-bond donors (Lipinski definition) is 0. The minimum Gasteiger partial charge on any atom is -0.380 e. The first kappa shape index (κ1) is 10.0. The molecule has 3 heteroatoms. The lowest BCUT2D eigenvalue weighted by Crippen LogP contribution is -2.39. The van der Waals surface area contributed by atoms with Gasteiger partial charge < -0.3 is 4.74 Å². The van der Waals surface area contributed by atoms with E-state index in [4.69, 9.17) is 16.3 Å². The highest BCUT2D eigenvalue weighted by Gasteiger charge is 2.17. The van der Waals surface area contributed by atoms with Crippen LogP contribution in [-0.4, -0.2) is 37.7 Å². The number of methoxy groups -OCH3 is 1. The smallest absolute Gasteiger partial charge is 0.0698 e. The number of likely N-dealkylation sites (tertiary alicyclic amines) is 1. The molecule has 1 aliphatic rings. The van der Waals surface area contributed by atoms with E-state index in [-0.39, 0.29) is 0 Å². The van der Waals surface area contributed by atoms with E-state index in [1.807, 2.05) is 6.08 Å². The second kappa shape index (κ2) is 5.57. The van der Waals surface area contributed by atoms with E-state index in [2.05, 4.69) is 4.90 Å². The van der Waals surface area contributed by atoms with Crippen LogP contribution < -0.4 is 0 Å². The van der Waals surface area contributed by atoms with E-state index < -0.39 is 0 Å². The van der Waals surface area contributed by atoms with Crippen LogP contribution in [0, 0.1) is 0 Å². The molecule has 1 rings (SSSR count). The third-order valence-corrected chi connectivity index (χ3v) is 2.43. The Kier molecular flexibility index (Phi) is 4.66. The summed E-state index contributed by atoms with van der Waals surface area (Å²) in [5, 5.41) is 0. The van der Waals surface area contributed by atoms with Gasteiger partial charge in [0.15, 0.2) is 0 Å². The maximum Gasteiger partial charge on any atom is 0.0698 e. The summed E-state index contributed by atoms with van der Waals surface area (Å²) in [7, 11) is 1.78. The number of ether oxygens (including phenoxy) is 1. The van der Waals surface area contributed by atoms with Crippen molar-refractivity contribution in [1.29, 1.82) is 0 Å². The largest absolute Gasteiger partial charge is 0.380 e. The summed E-state index contributed by atoms with van der Waals surface area (Å²) in [6, 6.07) is 0. The van der Waals surface area contributed by atoms with Gasteiger partial charge in [-0.1, -0.05) is 17.7 Å². The molecule has 0 N–H and O–H groups in total. The van der Waals surface area contributed by atoms with Gasteiger partial charge in [0.2, 0.25) is 0 Å². The molecule has 0 saturated carbocycles. The van der Waals surface area contributed by atoms with Crippen LogP contribution in [0.2, 0.25) is 0 Å². The van der Waals surface area contributed by atoms with Crippen molar-refractivity contribution in [3.8, 4) is 0 Å². The van der Waals surface area contributed by atoms with Crippen molar-refractivity contribution in [3.05, 3.63) is 11.6 Å². The Bertz CT molecular complexity index is 149. The van der Waals surface area contributed by atoms with Gasteiger partial charge in [-0.3, -0.25) is 4.90 Å². The van der Waals surface area contributed by atoms with Crippen molar-refractivity contribution in [2.45, 2.75) is 18.9 Å². The normalized spacial score (nSPS) is 26.7. The van der Waals surface area contributed by atoms with E-state index in [1.165, 1.54) is 19.4 Å². The molecule has 0 aromatic heterocycles. The highest BCUT2D eigenvalue weighted by atomic mass is 35.5. The van der Waals surface area contributed by atoms with Crippen molar-refractivity contribution in [2.24, 2.45) is 0 Å². The van der Waals surface area contributed by atoms with Crippen molar-refractivity contribution in [1.82, 2.24) is 4.90 Å². The maximum absolute atomic E-state index is 5.45. The third-order valence-electron chi connectivity index (χ3n) is 2.25. The Labute approximate surface area is 79.1 Å². The summed E-state index contributed by atoms with van der Waals surface area (Å²) >= 11 is 5.45. The zero-order chi connectivity index (χ0) is 8.81. The average molecular weight is 190 g/mol. The van der Waals surface area contributed by atoms with Crippen LogP contribution in [-0.2, 0) is 4.74 Å². The van der Waals surface area contributed by atoms with Crippen LogP contribution >= 0.6 is 11.6 Å². The first-order valence-electron chi connectivity index (χ1n) is 4.37. The van der Waals surface area contributed by atoms with Gasteiger partial charge in [0.25, 0.3) is 0 Å². The number of halogens is 1. The highest BCUT2D eigenvalue weighted by molar-refractivity contribution is 6.25. The van der Waals surface area contributed by atoms with Gasteiger partial charge in [0.05, 0.1) is 6.10 Å². The molecule has 0 bridgehead atoms. The Morgan fingerprint density at radius 3 is 3.17 bits per heavy atom. The zero-order valence-electron chi connectivity index (χ0n) is 7.50. The maximum atomic E-state index is 5.45. The first-order chi connectivity index (χ1) is 5.86. The first-order valence-corrected chi connectivity index (χ1v) is 4.81. The van der Waals surface area contributed by atoms with E-state index >= 15 is 0 Å². The summed E-state index contributed by atoms with van der Waals surface area (Å²) < 4.78 is 5.30. The van der Waals surface area contributed by atoms with Gasteiger partial charge in [-0.15, -0.1) is 0 Å². The molecule has 2 nitrogen and oxygen atoms in total. The second-order valence-electron chi connectivity index (χ2n) is 3.12. The van der Waals surface area contributed by atoms with Gasteiger partial charge in [0.1, 0.15) is 0 Å². The minimum atomic E-state index is 0.419. The SMILES string of the molecule is COC1CCCN(C/C=C/Cl)C1. The molecule has 0 amide bonds. The Balaban J connectivity index is 2.25. The molecule has 12 heavy (non-hydrogen) atoms.